The van der Waals surface area contributed by atoms with Gasteiger partial charge in [-0.1, -0.05) is 18.2 Å². The lowest BCUT2D eigenvalue weighted by molar-refractivity contribution is -0.148. The lowest BCUT2D eigenvalue weighted by Crippen LogP contribution is -2.47. The Labute approximate surface area is 210 Å². The molecule has 11 nitrogen and oxygen atoms in total. The van der Waals surface area contributed by atoms with Crippen molar-refractivity contribution in [3.05, 3.63) is 77.0 Å². The van der Waals surface area contributed by atoms with E-state index in [-0.39, 0.29) is 42.8 Å². The largest absolute Gasteiger partial charge is 0.481 e. The van der Waals surface area contributed by atoms with Gasteiger partial charge >= 0.3 is 5.97 Å². The number of hydrogen-bond acceptors (Lipinski definition) is 6. The number of nitrogens with two attached hydrogens (primary N) is 1. The number of carbonyl (C=O) groups is 4. The predicted molar refractivity (Wildman–Crippen MR) is 129 cm³/mol. The number of allylic oxidation sites excluding steroid dienone is 1. The molecule has 2 unspecified atom stereocenters. The summed E-state index contributed by atoms with van der Waals surface area (Å²) < 4.78 is 14.3. The van der Waals surface area contributed by atoms with Crippen LogP contribution in [0.15, 0.2) is 54.2 Å². The number of primary amides is 1. The average Bonchev–Trinajstić information content (AvgIpc) is 3.35. The quantitative estimate of drug-likeness (QED) is 0.335. The zero-order valence-corrected chi connectivity index (χ0v) is 19.9. The number of nitrogens with one attached hydrogen (secondary N) is 2. The number of halogens is 1. The van der Waals surface area contributed by atoms with Crippen LogP contribution in [0.3, 0.4) is 0 Å². The molecule has 3 aromatic rings. The number of carboxylic acids is 1. The molecule has 1 aromatic carbocycles. The maximum absolute atomic E-state index is 13.2. The molecule has 37 heavy (non-hydrogen) atoms. The van der Waals surface area contributed by atoms with Crippen LogP contribution in [0, 0.1) is 11.2 Å². The zero-order valence-electron chi connectivity index (χ0n) is 19.9. The molecular weight excluding hydrogens is 483 g/mol. The Kier molecular flexibility index (Phi) is 7.00. The minimum absolute atomic E-state index is 0.0556. The third-order valence-electron chi connectivity index (χ3n) is 6.42. The second-order valence-electron chi connectivity index (χ2n) is 9.09. The Hall–Kier alpha value is -4.61. The van der Waals surface area contributed by atoms with E-state index >= 15 is 0 Å². The molecule has 12 heteroatoms. The summed E-state index contributed by atoms with van der Waals surface area (Å²) in [5.41, 5.74) is 5.89. The molecule has 2 atom stereocenters. The van der Waals surface area contributed by atoms with Gasteiger partial charge in [-0.05, 0) is 49.5 Å². The van der Waals surface area contributed by atoms with Crippen molar-refractivity contribution in [2.24, 2.45) is 11.1 Å². The van der Waals surface area contributed by atoms with E-state index in [1.807, 2.05) is 0 Å². The summed E-state index contributed by atoms with van der Waals surface area (Å²) in [7, 11) is 0. The van der Waals surface area contributed by atoms with Gasteiger partial charge in [0.25, 0.3) is 11.8 Å². The van der Waals surface area contributed by atoms with Gasteiger partial charge < -0.3 is 21.5 Å². The number of benzene rings is 1. The van der Waals surface area contributed by atoms with Crippen molar-refractivity contribution in [1.82, 2.24) is 25.2 Å². The second-order valence-corrected chi connectivity index (χ2v) is 9.09. The smallest absolute Gasteiger partial charge is 0.309 e. The fraction of sp³-hybridized carbons (Fsp3) is 0.280. The second kappa shape index (κ2) is 10.2. The summed E-state index contributed by atoms with van der Waals surface area (Å²) in [4.78, 5) is 54.0. The molecular formula is C25H25FN6O5. The van der Waals surface area contributed by atoms with E-state index in [9.17, 15) is 28.7 Å². The molecule has 192 valence electrons. The summed E-state index contributed by atoms with van der Waals surface area (Å²) in [6.07, 6.45) is 3.76. The summed E-state index contributed by atoms with van der Waals surface area (Å²) in [6, 6.07) is 7.20. The average molecular weight is 509 g/mol. The third kappa shape index (κ3) is 5.47. The number of hydrogen-bond donors (Lipinski definition) is 4. The van der Waals surface area contributed by atoms with Crippen molar-refractivity contribution < 1.29 is 28.7 Å². The number of carbonyl (C=O) groups excluding carboxylic acids is 3. The highest BCUT2D eigenvalue weighted by Gasteiger charge is 2.37. The normalized spacial score (nSPS) is 18.1. The molecule has 4 rings (SSSR count). The molecule has 1 aliphatic rings. The van der Waals surface area contributed by atoms with E-state index in [1.54, 1.807) is 13.0 Å². The molecule has 1 aliphatic carbocycles. The number of aliphatic carboxylic acids is 1. The van der Waals surface area contributed by atoms with Crippen LogP contribution in [0.1, 0.15) is 52.7 Å². The van der Waals surface area contributed by atoms with E-state index in [1.165, 1.54) is 47.1 Å². The molecule has 0 aliphatic heterocycles. The van der Waals surface area contributed by atoms with Crippen LogP contribution in [0.5, 0.6) is 0 Å². The molecule has 2 heterocycles. The van der Waals surface area contributed by atoms with E-state index in [0.717, 1.165) is 0 Å². The number of aromatic nitrogens is 3. The maximum atomic E-state index is 13.2. The Balaban J connectivity index is 1.55. The first kappa shape index (κ1) is 25.5. The van der Waals surface area contributed by atoms with Crippen molar-refractivity contribution in [2.45, 2.75) is 38.8 Å². The molecule has 3 amide bonds. The highest BCUT2D eigenvalue weighted by molar-refractivity contribution is 6.00. The van der Waals surface area contributed by atoms with Crippen LogP contribution in [0.25, 0.3) is 5.65 Å². The van der Waals surface area contributed by atoms with Crippen LogP contribution in [-0.4, -0.2) is 49.4 Å². The van der Waals surface area contributed by atoms with Crippen molar-refractivity contribution >= 4 is 29.3 Å². The van der Waals surface area contributed by atoms with Crippen LogP contribution in [-0.2, 0) is 16.1 Å². The molecule has 0 bridgehead atoms. The van der Waals surface area contributed by atoms with Crippen LogP contribution in [0.2, 0.25) is 0 Å². The van der Waals surface area contributed by atoms with Gasteiger partial charge in [-0.15, -0.1) is 0 Å². The fourth-order valence-electron chi connectivity index (χ4n) is 4.05. The predicted octanol–water partition coefficient (Wildman–Crippen LogP) is 1.58. The van der Waals surface area contributed by atoms with E-state index in [2.05, 4.69) is 20.7 Å². The van der Waals surface area contributed by atoms with Gasteiger partial charge in [-0.3, -0.25) is 19.2 Å². The number of amides is 3. The Morgan fingerprint density at radius 1 is 1.19 bits per heavy atom. The highest BCUT2D eigenvalue weighted by Crippen LogP contribution is 2.36. The first-order valence-corrected chi connectivity index (χ1v) is 11.5. The fourth-order valence-corrected chi connectivity index (χ4v) is 4.05. The van der Waals surface area contributed by atoms with Gasteiger partial charge in [-0.2, -0.15) is 5.10 Å². The van der Waals surface area contributed by atoms with Gasteiger partial charge in [0.05, 0.1) is 11.6 Å². The summed E-state index contributed by atoms with van der Waals surface area (Å²) in [6.45, 7) is 1.73. The molecule has 2 aromatic heterocycles. The van der Waals surface area contributed by atoms with Crippen molar-refractivity contribution in [3.8, 4) is 0 Å². The van der Waals surface area contributed by atoms with Gasteiger partial charge in [0.15, 0.2) is 5.65 Å². The third-order valence-corrected chi connectivity index (χ3v) is 6.42. The van der Waals surface area contributed by atoms with Crippen LogP contribution < -0.4 is 16.4 Å². The first-order valence-electron chi connectivity index (χ1n) is 11.5. The van der Waals surface area contributed by atoms with Crippen molar-refractivity contribution in [3.63, 3.8) is 0 Å². The van der Waals surface area contributed by atoms with E-state index in [0.29, 0.717) is 11.1 Å². The molecule has 0 spiro atoms. The van der Waals surface area contributed by atoms with Gasteiger partial charge in [0, 0.05) is 18.7 Å². The van der Waals surface area contributed by atoms with Crippen LogP contribution in [0.4, 0.5) is 4.39 Å². The Morgan fingerprint density at radius 2 is 1.92 bits per heavy atom. The van der Waals surface area contributed by atoms with Gasteiger partial charge in [0.2, 0.25) is 5.91 Å². The SMILES string of the molecule is CC1(C(=O)O)CC=C(C(NC(=O)c2cc(C(=O)NCc3ccc(F)cc3)nc3ccnn23)C(N)=O)CC1. The minimum Gasteiger partial charge on any atom is -0.481 e. The summed E-state index contributed by atoms with van der Waals surface area (Å²) >= 11 is 0. The molecule has 0 saturated heterocycles. The first-order chi connectivity index (χ1) is 17.6. The van der Waals surface area contributed by atoms with E-state index in [4.69, 9.17) is 5.73 Å². The van der Waals surface area contributed by atoms with E-state index < -0.39 is 41.0 Å². The number of rotatable bonds is 8. The zero-order chi connectivity index (χ0) is 26.7. The number of nitrogens with zero attached hydrogens (tertiary/aromatic N) is 3. The monoisotopic (exact) mass is 508 g/mol. The molecule has 0 fully saturated rings. The molecule has 5 N–H and O–H groups in total. The standard InChI is InChI=1S/C25H25FN6O5/c1-25(24(36)37)9-6-15(7-10-25)20(21(27)33)31-23(35)18-12-17(30-19-8-11-29-32(18)19)22(34)28-13-14-2-4-16(26)5-3-14/h2-6,8,11-12,20H,7,9-10,13H2,1H3,(H2,27,33)(H,28,34)(H,31,35)(H,36,37). The van der Waals surface area contributed by atoms with Crippen LogP contribution >= 0.6 is 0 Å². The van der Waals surface area contributed by atoms with Crippen molar-refractivity contribution in [1.29, 1.82) is 0 Å². The minimum atomic E-state index is -1.17. The topological polar surface area (TPSA) is 169 Å². The van der Waals surface area contributed by atoms with Gasteiger partial charge in [-0.25, -0.2) is 13.9 Å². The lowest BCUT2D eigenvalue weighted by Gasteiger charge is -2.31. The molecule has 0 radical (unpaired) electrons. The summed E-state index contributed by atoms with van der Waals surface area (Å²) in [5, 5.41) is 18.8. The summed E-state index contributed by atoms with van der Waals surface area (Å²) in [5.74, 6) is -3.43. The highest BCUT2D eigenvalue weighted by atomic mass is 19.1. The number of fused-ring (bicyclic) bond motifs is 1. The lowest BCUT2D eigenvalue weighted by atomic mass is 9.75. The Bertz CT molecular complexity index is 1420. The molecule has 0 saturated carbocycles. The Morgan fingerprint density at radius 3 is 2.54 bits per heavy atom. The van der Waals surface area contributed by atoms with Crippen molar-refractivity contribution in [2.75, 3.05) is 0 Å². The van der Waals surface area contributed by atoms with Gasteiger partial charge in [0.1, 0.15) is 23.2 Å². The maximum Gasteiger partial charge on any atom is 0.309 e. The number of carboxylic acid groups (broad SMARTS) is 1.